The van der Waals surface area contributed by atoms with Crippen LogP contribution in [0.4, 0.5) is 4.79 Å². The number of thioether (sulfide) groups is 1. The molecule has 0 aromatic heterocycles. The zero-order valence-electron chi connectivity index (χ0n) is 20.6. The molecule has 1 unspecified atom stereocenters. The number of primary amides is 1. The summed E-state index contributed by atoms with van der Waals surface area (Å²) in [7, 11) is 0. The van der Waals surface area contributed by atoms with Gasteiger partial charge in [-0.1, -0.05) is 34.6 Å². The Morgan fingerprint density at radius 3 is 1.81 bits per heavy atom. The molecule has 0 rings (SSSR count). The molecular formula is C21H40N4O6S. The third-order valence-corrected chi connectivity index (χ3v) is 5.39. The van der Waals surface area contributed by atoms with Crippen LogP contribution in [0.1, 0.15) is 62.3 Å². The Bertz CT molecular complexity index is 670. The van der Waals surface area contributed by atoms with Crippen LogP contribution in [-0.2, 0) is 19.1 Å². The van der Waals surface area contributed by atoms with E-state index < -0.39 is 53.6 Å². The summed E-state index contributed by atoms with van der Waals surface area (Å²) in [6, 6.07) is -3.29. The van der Waals surface area contributed by atoms with Gasteiger partial charge >= 0.3 is 6.09 Å². The summed E-state index contributed by atoms with van der Waals surface area (Å²) in [4.78, 5) is 49.6. The number of carbonyl (C=O) groups excluding carboxylic acids is 4. The molecule has 0 bridgehead atoms. The van der Waals surface area contributed by atoms with Crippen LogP contribution >= 0.6 is 11.8 Å². The summed E-state index contributed by atoms with van der Waals surface area (Å²) in [5, 5.41) is 17.3. The summed E-state index contributed by atoms with van der Waals surface area (Å²) in [6.07, 6.45) is -1.96. The molecule has 10 nitrogen and oxygen atoms in total. The van der Waals surface area contributed by atoms with Crippen LogP contribution in [-0.4, -0.2) is 69.3 Å². The van der Waals surface area contributed by atoms with Gasteiger partial charge in [0.2, 0.25) is 17.7 Å². The van der Waals surface area contributed by atoms with Crippen molar-refractivity contribution >= 4 is 35.6 Å². The Morgan fingerprint density at radius 2 is 1.44 bits per heavy atom. The fourth-order valence-corrected chi connectivity index (χ4v) is 3.33. The number of nitrogens with one attached hydrogen (secondary N) is 3. The maximum atomic E-state index is 13.0. The number of aliphatic hydroxyl groups is 1. The fraction of sp³-hybridized carbons (Fsp3) is 0.810. The number of ether oxygens (including phenoxy) is 1. The Labute approximate surface area is 195 Å². The van der Waals surface area contributed by atoms with Gasteiger partial charge in [-0.05, 0) is 33.6 Å². The van der Waals surface area contributed by atoms with Gasteiger partial charge in [0.25, 0.3) is 0 Å². The van der Waals surface area contributed by atoms with E-state index >= 15 is 0 Å². The van der Waals surface area contributed by atoms with Crippen molar-refractivity contribution in [3.8, 4) is 0 Å². The van der Waals surface area contributed by atoms with E-state index in [9.17, 15) is 24.3 Å². The Kier molecular flexibility index (Phi) is 11.5. The zero-order valence-corrected chi connectivity index (χ0v) is 21.4. The summed E-state index contributed by atoms with van der Waals surface area (Å²) < 4.78 is 5.02. The van der Waals surface area contributed by atoms with E-state index in [2.05, 4.69) is 16.0 Å². The lowest BCUT2D eigenvalue weighted by atomic mass is 10.0. The van der Waals surface area contributed by atoms with Crippen molar-refractivity contribution in [1.29, 1.82) is 0 Å². The lowest BCUT2D eigenvalue weighted by Gasteiger charge is -2.29. The molecular weight excluding hydrogens is 436 g/mol. The maximum Gasteiger partial charge on any atom is 0.408 e. The van der Waals surface area contributed by atoms with Gasteiger partial charge in [-0.2, -0.15) is 11.8 Å². The minimum absolute atomic E-state index is 0.198. The van der Waals surface area contributed by atoms with E-state index in [0.29, 0.717) is 0 Å². The number of rotatable bonds is 10. The Morgan fingerprint density at radius 1 is 0.906 bits per heavy atom. The molecule has 0 fully saturated rings. The normalized spacial score (nSPS) is 15.8. The molecule has 0 aliphatic heterocycles. The van der Waals surface area contributed by atoms with Crippen LogP contribution in [0.25, 0.3) is 0 Å². The zero-order chi connectivity index (χ0) is 25.4. The molecule has 4 atom stereocenters. The molecule has 11 heteroatoms. The molecule has 0 saturated heterocycles. The first kappa shape index (κ1) is 30.0. The van der Waals surface area contributed by atoms with Crippen LogP contribution in [0.5, 0.6) is 0 Å². The quantitative estimate of drug-likeness (QED) is 0.313. The minimum Gasteiger partial charge on any atom is -0.444 e. The lowest BCUT2D eigenvalue weighted by Crippen LogP contribution is -2.60. The summed E-state index contributed by atoms with van der Waals surface area (Å²) in [5.41, 5.74) is 4.52. The van der Waals surface area contributed by atoms with Crippen molar-refractivity contribution in [1.82, 2.24) is 16.0 Å². The van der Waals surface area contributed by atoms with E-state index in [1.165, 1.54) is 18.7 Å². The van der Waals surface area contributed by atoms with E-state index in [4.69, 9.17) is 10.5 Å². The smallest absolute Gasteiger partial charge is 0.408 e. The van der Waals surface area contributed by atoms with Gasteiger partial charge in [-0.25, -0.2) is 4.79 Å². The van der Waals surface area contributed by atoms with Gasteiger partial charge in [-0.15, -0.1) is 0 Å². The topological polar surface area (TPSA) is 160 Å². The Balaban J connectivity index is 5.56. The predicted octanol–water partition coefficient (Wildman–Crippen LogP) is 0.903. The number of hydrogen-bond donors (Lipinski definition) is 5. The van der Waals surface area contributed by atoms with E-state index in [1.54, 1.807) is 34.6 Å². The van der Waals surface area contributed by atoms with Crippen LogP contribution in [0.3, 0.4) is 0 Å². The first-order valence-corrected chi connectivity index (χ1v) is 11.5. The standard InChI is InChI=1S/C21H40N4O6S/c1-11(2)14(25-19(30)31-20(4,5)6)18(29)23-13(10-32-21(7,8)9)17(28)24-15(12(3)26)16(22)27/h11-15,26H,10H2,1-9H3,(H2,22,27)(H,23,29)(H,24,28)(H,25,30)/t12?,13-,14-,15-/m0/s1. The average Bonchev–Trinajstić information content (AvgIpc) is 2.57. The third-order valence-electron chi connectivity index (χ3n) is 4.02. The van der Waals surface area contributed by atoms with Crippen molar-refractivity contribution in [2.24, 2.45) is 11.7 Å². The molecule has 0 saturated carbocycles. The van der Waals surface area contributed by atoms with E-state index in [0.717, 1.165) is 0 Å². The maximum absolute atomic E-state index is 13.0. The van der Waals surface area contributed by atoms with Crippen LogP contribution in [0.2, 0.25) is 0 Å². The second kappa shape index (κ2) is 12.3. The van der Waals surface area contributed by atoms with E-state index in [-0.39, 0.29) is 16.4 Å². The summed E-state index contributed by atoms with van der Waals surface area (Å²) in [5.74, 6) is -2.23. The van der Waals surface area contributed by atoms with Gasteiger partial charge in [0, 0.05) is 10.5 Å². The fourth-order valence-electron chi connectivity index (χ4n) is 2.43. The molecule has 0 aromatic carbocycles. The monoisotopic (exact) mass is 476 g/mol. The second-order valence-corrected chi connectivity index (χ2v) is 11.8. The number of aliphatic hydroxyl groups excluding tert-OH is 1. The minimum atomic E-state index is -1.30. The van der Waals surface area contributed by atoms with Gasteiger partial charge in [0.05, 0.1) is 6.10 Å². The number of alkyl carbamates (subject to hydrolysis) is 1. The molecule has 6 N–H and O–H groups in total. The van der Waals surface area contributed by atoms with Gasteiger partial charge in [0.15, 0.2) is 0 Å². The summed E-state index contributed by atoms with van der Waals surface area (Å²) in [6.45, 7) is 15.8. The van der Waals surface area contributed by atoms with Crippen molar-refractivity contribution in [3.05, 3.63) is 0 Å². The SMILES string of the molecule is CC(C)[C@H](NC(=O)OC(C)(C)C)C(=O)N[C@@H](CSC(C)(C)C)C(=O)N[C@H](C(N)=O)C(C)O. The lowest BCUT2D eigenvalue weighted by molar-refractivity contribution is -0.133. The predicted molar refractivity (Wildman–Crippen MR) is 125 cm³/mol. The molecule has 0 aromatic rings. The van der Waals surface area contributed by atoms with Crippen molar-refractivity contribution in [2.75, 3.05) is 5.75 Å². The third kappa shape index (κ3) is 12.1. The molecule has 0 aliphatic rings. The van der Waals surface area contributed by atoms with Crippen LogP contribution in [0.15, 0.2) is 0 Å². The molecule has 0 heterocycles. The molecule has 0 spiro atoms. The van der Waals surface area contributed by atoms with Gasteiger partial charge in [-0.3, -0.25) is 14.4 Å². The number of hydrogen-bond acceptors (Lipinski definition) is 7. The number of nitrogens with two attached hydrogens (primary N) is 1. The Hall–Kier alpha value is -2.01. The highest BCUT2D eigenvalue weighted by molar-refractivity contribution is 8.00. The molecule has 4 amide bonds. The van der Waals surface area contributed by atoms with Crippen LogP contribution in [0, 0.1) is 5.92 Å². The van der Waals surface area contributed by atoms with Crippen LogP contribution < -0.4 is 21.7 Å². The summed E-state index contributed by atoms with van der Waals surface area (Å²) >= 11 is 1.43. The average molecular weight is 477 g/mol. The van der Waals surface area contributed by atoms with E-state index in [1.807, 2.05) is 20.8 Å². The highest BCUT2D eigenvalue weighted by Gasteiger charge is 2.33. The van der Waals surface area contributed by atoms with Gasteiger partial charge in [0.1, 0.15) is 23.7 Å². The first-order valence-electron chi connectivity index (χ1n) is 10.6. The first-order chi connectivity index (χ1) is 14.3. The highest BCUT2D eigenvalue weighted by Crippen LogP contribution is 2.24. The van der Waals surface area contributed by atoms with Crippen molar-refractivity contribution in [2.45, 2.75) is 96.9 Å². The second-order valence-electron chi connectivity index (χ2n) is 9.98. The number of amides is 4. The molecule has 0 radical (unpaired) electrons. The highest BCUT2D eigenvalue weighted by atomic mass is 32.2. The molecule has 0 aliphatic carbocycles. The molecule has 32 heavy (non-hydrogen) atoms. The van der Waals surface area contributed by atoms with Gasteiger partial charge < -0.3 is 31.5 Å². The number of carbonyl (C=O) groups is 4. The van der Waals surface area contributed by atoms with Crippen molar-refractivity contribution in [3.63, 3.8) is 0 Å². The van der Waals surface area contributed by atoms with Crippen molar-refractivity contribution < 1.29 is 29.0 Å². The molecule has 186 valence electrons. The largest absolute Gasteiger partial charge is 0.444 e.